The number of hydrogen-bond donors (Lipinski definition) is 1. The molecule has 0 radical (unpaired) electrons. The van der Waals surface area contributed by atoms with Gasteiger partial charge in [0.2, 0.25) is 5.91 Å². The number of nitrogens with zero attached hydrogens (tertiary/aromatic N) is 1. The van der Waals surface area contributed by atoms with Crippen molar-refractivity contribution < 1.29 is 4.79 Å². The first-order valence-corrected chi connectivity index (χ1v) is 5.12. The Bertz CT molecular complexity index is 411. The maximum atomic E-state index is 10.7. The molecule has 0 unspecified atom stereocenters. The molecule has 3 nitrogen and oxygen atoms in total. The first-order valence-electron chi connectivity index (χ1n) is 5.12. The molecule has 2 N–H and O–H groups in total. The van der Waals surface area contributed by atoms with Crippen LogP contribution in [0.2, 0.25) is 0 Å². The number of nitrogens with two attached hydrogens (primary N) is 1. The molecular weight excluding hydrogens is 200 g/mol. The van der Waals surface area contributed by atoms with Crippen molar-refractivity contribution in [3.05, 3.63) is 41.0 Å². The summed E-state index contributed by atoms with van der Waals surface area (Å²) < 4.78 is 0. The van der Waals surface area contributed by atoms with Gasteiger partial charge >= 0.3 is 0 Å². The van der Waals surface area contributed by atoms with Gasteiger partial charge in [-0.3, -0.25) is 4.79 Å². The van der Waals surface area contributed by atoms with E-state index < -0.39 is 5.91 Å². The van der Waals surface area contributed by atoms with E-state index in [1.165, 1.54) is 0 Å². The molecule has 0 saturated heterocycles. The maximum absolute atomic E-state index is 10.7. The highest BCUT2D eigenvalue weighted by molar-refractivity contribution is 5.95. The van der Waals surface area contributed by atoms with Crippen molar-refractivity contribution in [2.75, 3.05) is 0 Å². The third-order valence-electron chi connectivity index (χ3n) is 1.81. The lowest BCUT2D eigenvalue weighted by molar-refractivity contribution is -0.114. The van der Waals surface area contributed by atoms with E-state index in [1.54, 1.807) is 37.3 Å². The molecule has 0 atom stereocenters. The quantitative estimate of drug-likeness (QED) is 0.772. The first-order chi connectivity index (χ1) is 7.63. The molecule has 0 aliphatic rings. The van der Waals surface area contributed by atoms with Crippen LogP contribution in [-0.2, 0) is 4.79 Å². The standard InChI is InChI=1S/C11H10N2O.C2H6/c1-8(11(13)14)6-9-2-4-10(7-12)5-3-9;1-2/h2-6H,1H3,(H2,13,14);1-2H3/b8-6+;. The van der Waals surface area contributed by atoms with Crippen LogP contribution in [0.25, 0.3) is 6.08 Å². The molecule has 1 aromatic rings. The summed E-state index contributed by atoms with van der Waals surface area (Å²) in [5, 5.41) is 8.56. The van der Waals surface area contributed by atoms with Gasteiger partial charge in [-0.05, 0) is 30.7 Å². The minimum absolute atomic E-state index is 0.436. The highest BCUT2D eigenvalue weighted by Gasteiger charge is 1.97. The Morgan fingerprint density at radius 3 is 2.19 bits per heavy atom. The summed E-state index contributed by atoms with van der Waals surface area (Å²) in [4.78, 5) is 10.7. The predicted molar refractivity (Wildman–Crippen MR) is 65.4 cm³/mol. The largest absolute Gasteiger partial charge is 0.366 e. The normalized spacial score (nSPS) is 9.75. The number of nitriles is 1. The number of carbonyl (C=O) groups excluding carboxylic acids is 1. The molecule has 0 spiro atoms. The van der Waals surface area contributed by atoms with Crippen LogP contribution in [0, 0.1) is 11.3 Å². The summed E-state index contributed by atoms with van der Waals surface area (Å²) in [6.07, 6.45) is 1.68. The Labute approximate surface area is 96.2 Å². The zero-order valence-corrected chi connectivity index (χ0v) is 9.82. The van der Waals surface area contributed by atoms with Gasteiger partial charge in [-0.1, -0.05) is 26.0 Å². The topological polar surface area (TPSA) is 66.9 Å². The van der Waals surface area contributed by atoms with Crippen LogP contribution in [0.3, 0.4) is 0 Å². The lowest BCUT2D eigenvalue weighted by Crippen LogP contribution is -2.11. The van der Waals surface area contributed by atoms with Crippen LogP contribution < -0.4 is 5.73 Å². The molecule has 1 rings (SSSR count). The minimum atomic E-state index is -0.436. The molecule has 0 saturated carbocycles. The van der Waals surface area contributed by atoms with Crippen LogP contribution in [0.5, 0.6) is 0 Å². The molecule has 0 fully saturated rings. The molecule has 0 heterocycles. The van der Waals surface area contributed by atoms with E-state index in [9.17, 15) is 4.79 Å². The Hall–Kier alpha value is -2.08. The van der Waals surface area contributed by atoms with Gasteiger partial charge in [-0.25, -0.2) is 0 Å². The van der Waals surface area contributed by atoms with Crippen molar-refractivity contribution >= 4 is 12.0 Å². The number of carbonyl (C=O) groups is 1. The summed E-state index contributed by atoms with van der Waals surface area (Å²) in [5.41, 5.74) is 7.03. The highest BCUT2D eigenvalue weighted by atomic mass is 16.1. The molecule has 3 heteroatoms. The van der Waals surface area contributed by atoms with Gasteiger partial charge in [0, 0.05) is 5.57 Å². The van der Waals surface area contributed by atoms with E-state index in [0.717, 1.165) is 5.56 Å². The van der Waals surface area contributed by atoms with Crippen LogP contribution in [-0.4, -0.2) is 5.91 Å². The molecule has 1 amide bonds. The van der Waals surface area contributed by atoms with E-state index in [4.69, 9.17) is 11.0 Å². The molecule has 84 valence electrons. The molecule has 0 aliphatic heterocycles. The Morgan fingerprint density at radius 2 is 1.81 bits per heavy atom. The molecule has 1 aromatic carbocycles. The van der Waals surface area contributed by atoms with Gasteiger partial charge in [0.15, 0.2) is 0 Å². The lowest BCUT2D eigenvalue weighted by Gasteiger charge is -1.96. The Balaban J connectivity index is 0.00000106. The van der Waals surface area contributed by atoms with Gasteiger partial charge < -0.3 is 5.73 Å². The van der Waals surface area contributed by atoms with Crippen LogP contribution in [0.1, 0.15) is 31.9 Å². The number of rotatable bonds is 2. The highest BCUT2D eigenvalue weighted by Crippen LogP contribution is 2.07. The van der Waals surface area contributed by atoms with Crippen LogP contribution >= 0.6 is 0 Å². The summed E-state index contributed by atoms with van der Waals surface area (Å²) >= 11 is 0. The van der Waals surface area contributed by atoms with Crippen molar-refractivity contribution in [3.63, 3.8) is 0 Å². The second kappa shape index (κ2) is 7.24. The zero-order valence-electron chi connectivity index (χ0n) is 9.82. The monoisotopic (exact) mass is 216 g/mol. The minimum Gasteiger partial charge on any atom is -0.366 e. The van der Waals surface area contributed by atoms with Crippen molar-refractivity contribution in [1.82, 2.24) is 0 Å². The third kappa shape index (κ3) is 4.43. The van der Waals surface area contributed by atoms with Crippen molar-refractivity contribution in [2.24, 2.45) is 5.73 Å². The van der Waals surface area contributed by atoms with Crippen LogP contribution in [0.15, 0.2) is 29.8 Å². The van der Waals surface area contributed by atoms with E-state index in [2.05, 4.69) is 0 Å². The average molecular weight is 216 g/mol. The van der Waals surface area contributed by atoms with Crippen molar-refractivity contribution in [3.8, 4) is 6.07 Å². The second-order valence-corrected chi connectivity index (χ2v) is 2.93. The van der Waals surface area contributed by atoms with E-state index in [1.807, 2.05) is 19.9 Å². The Morgan fingerprint density at radius 1 is 1.31 bits per heavy atom. The second-order valence-electron chi connectivity index (χ2n) is 2.93. The molecule has 16 heavy (non-hydrogen) atoms. The SMILES string of the molecule is C/C(=C\c1ccc(C#N)cc1)C(N)=O.CC. The first kappa shape index (κ1) is 13.9. The predicted octanol–water partition coefficient (Wildman–Crippen LogP) is 2.47. The molecule has 0 bridgehead atoms. The smallest absolute Gasteiger partial charge is 0.244 e. The molecule has 0 aromatic heterocycles. The molecule has 0 aliphatic carbocycles. The number of hydrogen-bond acceptors (Lipinski definition) is 2. The Kier molecular flexibility index (Phi) is 6.30. The summed E-state index contributed by atoms with van der Waals surface area (Å²) in [6.45, 7) is 5.65. The van der Waals surface area contributed by atoms with Gasteiger partial charge in [0.25, 0.3) is 0 Å². The fourth-order valence-corrected chi connectivity index (χ4v) is 0.975. The average Bonchev–Trinajstić information content (AvgIpc) is 2.32. The van der Waals surface area contributed by atoms with Gasteiger partial charge in [0.05, 0.1) is 11.6 Å². The van der Waals surface area contributed by atoms with Gasteiger partial charge in [-0.15, -0.1) is 0 Å². The zero-order chi connectivity index (χ0) is 12.6. The number of primary amides is 1. The third-order valence-corrected chi connectivity index (χ3v) is 1.81. The fraction of sp³-hybridized carbons (Fsp3) is 0.231. The summed E-state index contributed by atoms with van der Waals surface area (Å²) in [6, 6.07) is 8.94. The van der Waals surface area contributed by atoms with Gasteiger partial charge in [-0.2, -0.15) is 5.26 Å². The van der Waals surface area contributed by atoms with Crippen molar-refractivity contribution in [2.45, 2.75) is 20.8 Å². The van der Waals surface area contributed by atoms with E-state index >= 15 is 0 Å². The molecular formula is C13H16N2O. The maximum Gasteiger partial charge on any atom is 0.244 e. The van der Waals surface area contributed by atoms with Gasteiger partial charge in [0.1, 0.15) is 0 Å². The summed E-state index contributed by atoms with van der Waals surface area (Å²) in [5.74, 6) is -0.436. The number of amides is 1. The fourth-order valence-electron chi connectivity index (χ4n) is 0.975. The number of benzene rings is 1. The van der Waals surface area contributed by atoms with Crippen molar-refractivity contribution in [1.29, 1.82) is 5.26 Å². The van der Waals surface area contributed by atoms with E-state index in [0.29, 0.717) is 11.1 Å². The summed E-state index contributed by atoms with van der Waals surface area (Å²) in [7, 11) is 0. The van der Waals surface area contributed by atoms with Crippen LogP contribution in [0.4, 0.5) is 0 Å². The lowest BCUT2D eigenvalue weighted by atomic mass is 10.1. The van der Waals surface area contributed by atoms with E-state index in [-0.39, 0.29) is 0 Å².